The average Bonchev–Trinajstić information content (AvgIpc) is 3.00. The van der Waals surface area contributed by atoms with Crippen LogP contribution in [0, 0.1) is 6.92 Å². The van der Waals surface area contributed by atoms with Crippen LogP contribution in [0.1, 0.15) is 89.5 Å². The van der Waals surface area contributed by atoms with Gasteiger partial charge in [-0.3, -0.25) is 14.5 Å². The molecule has 0 spiro atoms. The fourth-order valence-corrected chi connectivity index (χ4v) is 5.08. The van der Waals surface area contributed by atoms with Gasteiger partial charge in [-0.05, 0) is 89.3 Å². The highest BCUT2D eigenvalue weighted by atomic mass is 16.5. The quantitative estimate of drug-likeness (QED) is 0.0942. The fraction of sp³-hybridized carbons (Fsp3) is 0.514. The number of piperidine rings is 1. The number of ether oxygens (including phenoxy) is 1. The Morgan fingerprint density at radius 1 is 0.881 bits per heavy atom. The number of unbranched alkanes of at least 4 members (excludes halogenated alkanes) is 1. The molecule has 0 N–H and O–H groups in total. The maximum Gasteiger partial charge on any atom is 0.305 e. The van der Waals surface area contributed by atoms with Crippen molar-refractivity contribution in [2.75, 3.05) is 31.6 Å². The van der Waals surface area contributed by atoms with E-state index in [1.165, 1.54) is 0 Å². The molecule has 230 valence electrons. The van der Waals surface area contributed by atoms with Gasteiger partial charge in [0, 0.05) is 25.7 Å². The zero-order chi connectivity index (χ0) is 30.3. The Balaban J connectivity index is 1.53. The van der Waals surface area contributed by atoms with Gasteiger partial charge >= 0.3 is 5.97 Å². The molecular weight excluding hydrogens is 520 g/mol. The molecule has 42 heavy (non-hydrogen) atoms. The average molecular weight is 575 g/mol. The van der Waals surface area contributed by atoms with Crippen LogP contribution in [0.15, 0.2) is 85.0 Å². The number of benzene rings is 1. The lowest BCUT2D eigenvalue weighted by Crippen LogP contribution is -2.50. The van der Waals surface area contributed by atoms with Gasteiger partial charge in [-0.1, -0.05) is 92.3 Å². The highest BCUT2D eigenvalue weighted by Gasteiger charge is 2.31. The predicted octanol–water partition coefficient (Wildman–Crippen LogP) is 8.67. The lowest BCUT2D eigenvalue weighted by Gasteiger charge is -2.37. The van der Waals surface area contributed by atoms with E-state index in [-0.39, 0.29) is 17.9 Å². The zero-order valence-corrected chi connectivity index (χ0v) is 26.4. The van der Waals surface area contributed by atoms with Gasteiger partial charge in [-0.25, -0.2) is 0 Å². The molecule has 1 saturated heterocycles. The van der Waals surface area contributed by atoms with Gasteiger partial charge in [-0.15, -0.1) is 0 Å². The number of allylic oxidation sites excluding steroid dienone is 10. The summed E-state index contributed by atoms with van der Waals surface area (Å²) in [4.78, 5) is 29.6. The van der Waals surface area contributed by atoms with Crippen LogP contribution in [0.4, 0.5) is 5.69 Å². The molecule has 1 aliphatic rings. The molecule has 1 unspecified atom stereocenters. The van der Waals surface area contributed by atoms with Gasteiger partial charge in [-0.2, -0.15) is 0 Å². The van der Waals surface area contributed by atoms with Crippen molar-refractivity contribution in [2.45, 2.75) is 96.9 Å². The normalized spacial score (nSPS) is 16.5. The number of hydrogen-bond acceptors (Lipinski definition) is 4. The minimum atomic E-state index is -0.132. The number of esters is 1. The van der Waals surface area contributed by atoms with Crippen molar-refractivity contribution >= 4 is 17.6 Å². The second-order valence-electron chi connectivity index (χ2n) is 10.9. The van der Waals surface area contributed by atoms with Crippen molar-refractivity contribution in [1.82, 2.24) is 4.90 Å². The zero-order valence-electron chi connectivity index (χ0n) is 26.4. The van der Waals surface area contributed by atoms with Gasteiger partial charge in [0.2, 0.25) is 5.91 Å². The minimum absolute atomic E-state index is 0.109. The molecule has 0 aromatic heterocycles. The molecule has 0 aliphatic carbocycles. The van der Waals surface area contributed by atoms with Crippen molar-refractivity contribution in [3.8, 4) is 0 Å². The molecule has 1 aromatic rings. The first-order valence-corrected chi connectivity index (χ1v) is 16.0. The topological polar surface area (TPSA) is 49.9 Å². The first-order valence-electron chi connectivity index (χ1n) is 16.0. The number of amides is 1. The summed E-state index contributed by atoms with van der Waals surface area (Å²) in [5.74, 6) is 0.0175. The molecule has 1 aromatic carbocycles. The summed E-state index contributed by atoms with van der Waals surface area (Å²) >= 11 is 0. The molecule has 1 aliphatic heterocycles. The second kappa shape index (κ2) is 22.4. The third-order valence-electron chi connectivity index (χ3n) is 7.47. The smallest absolute Gasteiger partial charge is 0.305 e. The molecule has 0 saturated carbocycles. The number of carbonyl (C=O) groups excluding carboxylic acids is 2. The van der Waals surface area contributed by atoms with Crippen LogP contribution in [0.3, 0.4) is 0 Å². The van der Waals surface area contributed by atoms with E-state index in [0.29, 0.717) is 13.0 Å². The van der Waals surface area contributed by atoms with Crippen LogP contribution in [-0.2, 0) is 14.3 Å². The third kappa shape index (κ3) is 14.6. The van der Waals surface area contributed by atoms with E-state index in [9.17, 15) is 9.59 Å². The standard InChI is InChI=1S/C37H54N2O3/c1-4-5-6-7-8-9-10-11-12-13-14-15-16-17-18-19-20-29-36(40)42-32-25-31-39-30-24-23-28-35(39)37(41)38(3)34-27-22-21-26-33(34)2/h5-6,8-9,11-12,14-15,17-18,21-22,26-27,35H,4,7,10,13,16,19-20,23-25,28-32H2,1-3H3. The van der Waals surface area contributed by atoms with Gasteiger partial charge in [0.05, 0.1) is 12.6 Å². The molecule has 5 heteroatoms. The number of rotatable bonds is 19. The number of para-hydroxylation sites is 1. The SMILES string of the molecule is CCC=CCC=CCC=CCC=CCC=CCCCC(=O)OCCCN1CCCCC1C(=O)N(C)c1ccccc1C. The van der Waals surface area contributed by atoms with Crippen LogP contribution >= 0.6 is 0 Å². The van der Waals surface area contributed by atoms with Gasteiger partial charge in [0.1, 0.15) is 0 Å². The highest BCUT2D eigenvalue weighted by Crippen LogP contribution is 2.24. The summed E-state index contributed by atoms with van der Waals surface area (Å²) in [5.41, 5.74) is 2.07. The van der Waals surface area contributed by atoms with Crippen molar-refractivity contribution < 1.29 is 14.3 Å². The number of hydrogen-bond donors (Lipinski definition) is 0. The van der Waals surface area contributed by atoms with Crippen LogP contribution in [0.5, 0.6) is 0 Å². The summed E-state index contributed by atoms with van der Waals surface area (Å²) in [6, 6.07) is 7.90. The van der Waals surface area contributed by atoms with E-state index in [1.807, 2.05) is 38.2 Å². The molecule has 0 bridgehead atoms. The highest BCUT2D eigenvalue weighted by molar-refractivity contribution is 5.97. The van der Waals surface area contributed by atoms with Crippen molar-refractivity contribution in [3.05, 3.63) is 90.6 Å². The fourth-order valence-electron chi connectivity index (χ4n) is 5.08. The maximum atomic E-state index is 13.3. The van der Waals surface area contributed by atoms with Crippen molar-refractivity contribution in [3.63, 3.8) is 0 Å². The lowest BCUT2D eigenvalue weighted by molar-refractivity contribution is -0.144. The Hall–Kier alpha value is -3.18. The molecule has 5 nitrogen and oxygen atoms in total. The van der Waals surface area contributed by atoms with Crippen molar-refractivity contribution in [1.29, 1.82) is 0 Å². The van der Waals surface area contributed by atoms with E-state index in [4.69, 9.17) is 4.74 Å². The van der Waals surface area contributed by atoms with Crippen LogP contribution in [0.25, 0.3) is 0 Å². The lowest BCUT2D eigenvalue weighted by atomic mass is 10.00. The van der Waals surface area contributed by atoms with Crippen LogP contribution in [-0.4, -0.2) is 49.6 Å². The summed E-state index contributed by atoms with van der Waals surface area (Å²) < 4.78 is 5.48. The van der Waals surface area contributed by atoms with Gasteiger partial charge in [0.25, 0.3) is 0 Å². The van der Waals surface area contributed by atoms with E-state index in [1.54, 1.807) is 4.90 Å². The largest absolute Gasteiger partial charge is 0.466 e. The van der Waals surface area contributed by atoms with E-state index >= 15 is 0 Å². The Bertz CT molecular complexity index is 1050. The summed E-state index contributed by atoms with van der Waals surface area (Å²) in [7, 11) is 1.87. The molecule has 2 rings (SSSR count). The number of carbonyl (C=O) groups is 2. The Labute approximate surface area is 255 Å². The van der Waals surface area contributed by atoms with E-state index in [0.717, 1.165) is 95.0 Å². The summed E-state index contributed by atoms with van der Waals surface area (Å²) in [6.45, 7) is 6.28. The Morgan fingerprint density at radius 3 is 2.14 bits per heavy atom. The molecule has 1 amide bonds. The number of likely N-dealkylation sites (tertiary alicyclic amines) is 1. The number of nitrogens with zero attached hydrogens (tertiary/aromatic N) is 2. The monoisotopic (exact) mass is 574 g/mol. The van der Waals surface area contributed by atoms with Gasteiger partial charge < -0.3 is 9.64 Å². The minimum Gasteiger partial charge on any atom is -0.466 e. The van der Waals surface area contributed by atoms with E-state index in [2.05, 4.69) is 72.6 Å². The maximum absolute atomic E-state index is 13.3. The molecule has 0 radical (unpaired) electrons. The number of likely N-dealkylation sites (N-methyl/N-ethyl adjacent to an activating group) is 1. The van der Waals surface area contributed by atoms with Gasteiger partial charge in [0.15, 0.2) is 0 Å². The number of anilines is 1. The molecule has 1 atom stereocenters. The Kier molecular flexibility index (Phi) is 18.7. The molecular formula is C37H54N2O3. The van der Waals surface area contributed by atoms with Crippen LogP contribution < -0.4 is 4.90 Å². The first-order chi connectivity index (χ1) is 20.5. The number of aryl methyl sites for hydroxylation is 1. The second-order valence-corrected chi connectivity index (χ2v) is 10.9. The van der Waals surface area contributed by atoms with Crippen molar-refractivity contribution in [2.24, 2.45) is 0 Å². The van der Waals surface area contributed by atoms with Crippen LogP contribution in [0.2, 0.25) is 0 Å². The Morgan fingerprint density at radius 2 is 1.50 bits per heavy atom. The summed E-state index contributed by atoms with van der Waals surface area (Å²) in [6.07, 6.45) is 32.8. The molecule has 1 heterocycles. The predicted molar refractivity (Wildman–Crippen MR) is 178 cm³/mol. The first kappa shape index (κ1) is 35.0. The third-order valence-corrected chi connectivity index (χ3v) is 7.47. The van der Waals surface area contributed by atoms with E-state index < -0.39 is 0 Å². The summed E-state index contributed by atoms with van der Waals surface area (Å²) in [5, 5.41) is 0. The molecule has 1 fully saturated rings.